The van der Waals surface area contributed by atoms with Crippen LogP contribution in [0.1, 0.15) is 5.56 Å². The molecule has 0 aliphatic rings. The maximum absolute atomic E-state index is 11.9. The Labute approximate surface area is 125 Å². The number of phenolic OH excluding ortho intramolecular Hbond substituents is 1. The summed E-state index contributed by atoms with van der Waals surface area (Å²) in [4.78, 5) is 22.1. The van der Waals surface area contributed by atoms with Gasteiger partial charge in [-0.05, 0) is 17.7 Å². The average Bonchev–Trinajstić information content (AvgIpc) is 2.42. The SMILES string of the molecule is O=C(Cc1cccc([N+](=O)[O-])c1)Nc1ccc(O)cc1Cl. The van der Waals surface area contributed by atoms with E-state index in [-0.39, 0.29) is 28.8 Å². The van der Waals surface area contributed by atoms with E-state index in [1.165, 1.54) is 36.4 Å². The van der Waals surface area contributed by atoms with Crippen molar-refractivity contribution in [3.63, 3.8) is 0 Å². The molecule has 2 rings (SSSR count). The summed E-state index contributed by atoms with van der Waals surface area (Å²) in [6.07, 6.45) is -0.0150. The fourth-order valence-electron chi connectivity index (χ4n) is 1.77. The molecule has 0 saturated carbocycles. The summed E-state index contributed by atoms with van der Waals surface area (Å²) in [5.41, 5.74) is 0.824. The number of nitro groups is 1. The molecular formula is C14H11ClN2O4. The zero-order valence-electron chi connectivity index (χ0n) is 10.7. The third-order valence-corrected chi connectivity index (χ3v) is 3.03. The molecule has 1 amide bonds. The second-order valence-electron chi connectivity index (χ2n) is 4.32. The lowest BCUT2D eigenvalue weighted by Gasteiger charge is -2.07. The Balaban J connectivity index is 2.08. The first-order chi connectivity index (χ1) is 9.95. The summed E-state index contributed by atoms with van der Waals surface area (Å²) in [5, 5.41) is 22.7. The molecule has 0 atom stereocenters. The van der Waals surface area contributed by atoms with Crippen LogP contribution in [0.3, 0.4) is 0 Å². The number of hydrogen-bond acceptors (Lipinski definition) is 4. The minimum atomic E-state index is -0.516. The first-order valence-corrected chi connectivity index (χ1v) is 6.35. The molecule has 0 radical (unpaired) electrons. The van der Waals surface area contributed by atoms with E-state index in [1.54, 1.807) is 6.07 Å². The molecule has 0 aromatic heterocycles. The van der Waals surface area contributed by atoms with Crippen LogP contribution in [0.2, 0.25) is 5.02 Å². The first kappa shape index (κ1) is 14.8. The Bertz CT molecular complexity index is 703. The molecule has 7 heteroatoms. The number of non-ortho nitro benzene ring substituents is 1. The number of rotatable bonds is 4. The van der Waals surface area contributed by atoms with Crippen molar-refractivity contribution in [2.45, 2.75) is 6.42 Å². The molecule has 0 aliphatic heterocycles. The lowest BCUT2D eigenvalue weighted by atomic mass is 10.1. The Morgan fingerprint density at radius 3 is 2.71 bits per heavy atom. The van der Waals surface area contributed by atoms with Crippen LogP contribution < -0.4 is 5.32 Å². The molecule has 0 aliphatic carbocycles. The van der Waals surface area contributed by atoms with Crippen molar-refractivity contribution in [1.82, 2.24) is 0 Å². The van der Waals surface area contributed by atoms with Gasteiger partial charge in [-0.2, -0.15) is 0 Å². The topological polar surface area (TPSA) is 92.5 Å². The Hall–Kier alpha value is -2.60. The summed E-state index contributed by atoms with van der Waals surface area (Å²) in [7, 11) is 0. The number of anilines is 1. The molecule has 6 nitrogen and oxygen atoms in total. The molecule has 2 aromatic carbocycles. The van der Waals surface area contributed by atoms with Gasteiger partial charge in [-0.3, -0.25) is 14.9 Å². The van der Waals surface area contributed by atoms with Crippen LogP contribution in [-0.2, 0) is 11.2 Å². The minimum Gasteiger partial charge on any atom is -0.508 e. The molecule has 2 N–H and O–H groups in total. The zero-order valence-corrected chi connectivity index (χ0v) is 11.5. The lowest BCUT2D eigenvalue weighted by molar-refractivity contribution is -0.384. The Morgan fingerprint density at radius 1 is 1.29 bits per heavy atom. The minimum absolute atomic E-state index is 0.00307. The number of benzene rings is 2. The van der Waals surface area contributed by atoms with Crippen molar-refractivity contribution < 1.29 is 14.8 Å². The van der Waals surface area contributed by atoms with Crippen molar-refractivity contribution in [3.05, 3.63) is 63.2 Å². The molecule has 21 heavy (non-hydrogen) atoms. The van der Waals surface area contributed by atoms with Crippen LogP contribution in [0, 0.1) is 10.1 Å². The van der Waals surface area contributed by atoms with Crippen LogP contribution in [0.5, 0.6) is 5.75 Å². The van der Waals surface area contributed by atoms with Gasteiger partial charge < -0.3 is 10.4 Å². The molecule has 0 bridgehead atoms. The number of nitrogens with zero attached hydrogens (tertiary/aromatic N) is 1. The Kier molecular flexibility index (Phi) is 4.39. The van der Waals surface area contributed by atoms with Crippen molar-refractivity contribution in [2.24, 2.45) is 0 Å². The predicted molar refractivity (Wildman–Crippen MR) is 78.5 cm³/mol. The first-order valence-electron chi connectivity index (χ1n) is 5.97. The number of amides is 1. The van der Waals surface area contributed by atoms with E-state index in [0.29, 0.717) is 11.3 Å². The fraction of sp³-hybridized carbons (Fsp3) is 0.0714. The molecule has 0 spiro atoms. The molecule has 0 unspecified atom stereocenters. The lowest BCUT2D eigenvalue weighted by Crippen LogP contribution is -2.14. The van der Waals surface area contributed by atoms with Gasteiger partial charge in [0, 0.05) is 18.2 Å². The van der Waals surface area contributed by atoms with E-state index in [0.717, 1.165) is 0 Å². The smallest absolute Gasteiger partial charge is 0.269 e. The average molecular weight is 307 g/mol. The molecule has 0 heterocycles. The highest BCUT2D eigenvalue weighted by atomic mass is 35.5. The van der Waals surface area contributed by atoms with Crippen molar-refractivity contribution in [3.8, 4) is 5.75 Å². The van der Waals surface area contributed by atoms with E-state index in [1.807, 2.05) is 0 Å². The number of phenols is 1. The van der Waals surface area contributed by atoms with Crippen LogP contribution in [0.4, 0.5) is 11.4 Å². The normalized spacial score (nSPS) is 10.1. The highest BCUT2D eigenvalue weighted by molar-refractivity contribution is 6.33. The van der Waals surface area contributed by atoms with Crippen LogP contribution in [-0.4, -0.2) is 15.9 Å². The van der Waals surface area contributed by atoms with Gasteiger partial charge in [0.2, 0.25) is 5.91 Å². The van der Waals surface area contributed by atoms with Crippen LogP contribution in [0.25, 0.3) is 0 Å². The van der Waals surface area contributed by atoms with E-state index in [4.69, 9.17) is 11.6 Å². The van der Waals surface area contributed by atoms with Crippen molar-refractivity contribution in [2.75, 3.05) is 5.32 Å². The van der Waals surface area contributed by atoms with Crippen molar-refractivity contribution in [1.29, 1.82) is 0 Å². The maximum Gasteiger partial charge on any atom is 0.269 e. The standard InChI is InChI=1S/C14H11ClN2O4/c15-12-8-11(18)4-5-13(12)16-14(19)7-9-2-1-3-10(6-9)17(20)21/h1-6,8,18H,7H2,(H,16,19). The quantitative estimate of drug-likeness (QED) is 0.515. The number of carbonyl (C=O) groups is 1. The monoisotopic (exact) mass is 306 g/mol. The fourth-order valence-corrected chi connectivity index (χ4v) is 1.99. The van der Waals surface area contributed by atoms with Gasteiger partial charge in [0.05, 0.1) is 22.1 Å². The number of nitrogens with one attached hydrogen (secondary N) is 1. The van der Waals surface area contributed by atoms with Gasteiger partial charge in [-0.1, -0.05) is 23.7 Å². The summed E-state index contributed by atoms with van der Waals surface area (Å²) in [5.74, 6) is -0.361. The second kappa shape index (κ2) is 6.23. The van der Waals surface area contributed by atoms with E-state index < -0.39 is 4.92 Å². The predicted octanol–water partition coefficient (Wildman–Crippen LogP) is 3.14. The highest BCUT2D eigenvalue weighted by Crippen LogP contribution is 2.26. The van der Waals surface area contributed by atoms with Crippen molar-refractivity contribution >= 4 is 28.9 Å². The van der Waals surface area contributed by atoms with E-state index in [9.17, 15) is 20.0 Å². The third kappa shape index (κ3) is 3.93. The molecule has 2 aromatic rings. The van der Waals surface area contributed by atoms with Gasteiger partial charge >= 0.3 is 0 Å². The third-order valence-electron chi connectivity index (χ3n) is 2.71. The van der Waals surface area contributed by atoms with Gasteiger partial charge in [0.1, 0.15) is 5.75 Å². The van der Waals surface area contributed by atoms with Gasteiger partial charge in [0.15, 0.2) is 0 Å². The van der Waals surface area contributed by atoms with E-state index >= 15 is 0 Å². The van der Waals surface area contributed by atoms with Gasteiger partial charge in [-0.15, -0.1) is 0 Å². The van der Waals surface area contributed by atoms with Gasteiger partial charge in [-0.25, -0.2) is 0 Å². The summed E-state index contributed by atoms with van der Waals surface area (Å²) < 4.78 is 0. The van der Waals surface area contributed by atoms with E-state index in [2.05, 4.69) is 5.32 Å². The number of aromatic hydroxyl groups is 1. The Morgan fingerprint density at radius 2 is 2.05 bits per heavy atom. The summed E-state index contributed by atoms with van der Waals surface area (Å²) in [6.45, 7) is 0. The second-order valence-corrected chi connectivity index (χ2v) is 4.72. The van der Waals surface area contributed by atoms with Gasteiger partial charge in [0.25, 0.3) is 5.69 Å². The number of nitro benzene ring substituents is 1. The summed E-state index contributed by atoms with van der Waals surface area (Å²) >= 11 is 5.88. The molecular weight excluding hydrogens is 296 g/mol. The number of carbonyl (C=O) groups excluding carboxylic acids is 1. The molecule has 0 fully saturated rings. The highest BCUT2D eigenvalue weighted by Gasteiger charge is 2.10. The largest absolute Gasteiger partial charge is 0.508 e. The molecule has 108 valence electrons. The van der Waals surface area contributed by atoms with Crippen LogP contribution >= 0.6 is 11.6 Å². The maximum atomic E-state index is 11.9. The molecule has 0 saturated heterocycles. The number of halogens is 1. The zero-order chi connectivity index (χ0) is 15.4. The number of hydrogen-bond donors (Lipinski definition) is 2. The summed E-state index contributed by atoms with van der Waals surface area (Å²) in [6, 6.07) is 10.0. The van der Waals surface area contributed by atoms with Crippen LogP contribution in [0.15, 0.2) is 42.5 Å².